The van der Waals surface area contributed by atoms with Crippen molar-refractivity contribution in [2.24, 2.45) is 17.6 Å². The average Bonchev–Trinajstić information content (AvgIpc) is 2.15. The van der Waals surface area contributed by atoms with E-state index in [0.29, 0.717) is 11.8 Å². The lowest BCUT2D eigenvalue weighted by atomic mass is 9.69. The Hall–Kier alpha value is -0.530. The van der Waals surface area contributed by atoms with E-state index in [9.17, 15) is 0 Å². The molecule has 0 radical (unpaired) electrons. The highest BCUT2D eigenvalue weighted by Gasteiger charge is 2.35. The molecule has 2 heteroatoms. The standard InChI is InChI=1S/C14H20ClN/c1-10-6-11(2)9-14(16,8-10)12-4-3-5-13(15)7-12/h3-5,7,10-11H,6,8-9,16H2,1-2H3. The monoisotopic (exact) mass is 237 g/mol. The highest BCUT2D eigenvalue weighted by molar-refractivity contribution is 6.30. The van der Waals surface area contributed by atoms with Crippen LogP contribution in [0.1, 0.15) is 38.7 Å². The molecule has 0 aromatic heterocycles. The number of rotatable bonds is 1. The van der Waals surface area contributed by atoms with Crippen molar-refractivity contribution in [3.63, 3.8) is 0 Å². The molecule has 1 aliphatic rings. The van der Waals surface area contributed by atoms with E-state index in [4.69, 9.17) is 17.3 Å². The molecular weight excluding hydrogens is 218 g/mol. The fourth-order valence-electron chi connectivity index (χ4n) is 3.21. The van der Waals surface area contributed by atoms with Crippen LogP contribution >= 0.6 is 11.6 Å². The second kappa shape index (κ2) is 4.38. The zero-order valence-corrected chi connectivity index (χ0v) is 10.8. The lowest BCUT2D eigenvalue weighted by Gasteiger charge is -2.40. The van der Waals surface area contributed by atoms with E-state index in [0.717, 1.165) is 17.9 Å². The summed E-state index contributed by atoms with van der Waals surface area (Å²) in [6.45, 7) is 4.59. The summed E-state index contributed by atoms with van der Waals surface area (Å²) >= 11 is 6.04. The zero-order chi connectivity index (χ0) is 11.8. The van der Waals surface area contributed by atoms with Crippen molar-refractivity contribution < 1.29 is 0 Å². The summed E-state index contributed by atoms with van der Waals surface area (Å²) in [5.41, 5.74) is 7.59. The third kappa shape index (κ3) is 2.41. The van der Waals surface area contributed by atoms with Crippen molar-refractivity contribution in [3.8, 4) is 0 Å². The maximum absolute atomic E-state index is 6.57. The van der Waals surface area contributed by atoms with Gasteiger partial charge in [-0.15, -0.1) is 0 Å². The summed E-state index contributed by atoms with van der Waals surface area (Å²) < 4.78 is 0. The summed E-state index contributed by atoms with van der Waals surface area (Å²) in [5.74, 6) is 1.40. The molecular formula is C14H20ClN. The van der Waals surface area contributed by atoms with E-state index in [1.54, 1.807) is 0 Å². The van der Waals surface area contributed by atoms with Crippen molar-refractivity contribution in [3.05, 3.63) is 34.9 Å². The van der Waals surface area contributed by atoms with Gasteiger partial charge in [0.2, 0.25) is 0 Å². The van der Waals surface area contributed by atoms with Gasteiger partial charge in [-0.25, -0.2) is 0 Å². The number of hydrogen-bond donors (Lipinski definition) is 1. The topological polar surface area (TPSA) is 26.0 Å². The predicted molar refractivity (Wildman–Crippen MR) is 69.5 cm³/mol. The van der Waals surface area contributed by atoms with Crippen LogP contribution < -0.4 is 5.73 Å². The van der Waals surface area contributed by atoms with Crippen LogP contribution in [-0.4, -0.2) is 0 Å². The van der Waals surface area contributed by atoms with Gasteiger partial charge in [-0.05, 0) is 48.8 Å². The van der Waals surface area contributed by atoms with Gasteiger partial charge < -0.3 is 5.73 Å². The molecule has 2 unspecified atom stereocenters. The van der Waals surface area contributed by atoms with Gasteiger partial charge in [-0.2, -0.15) is 0 Å². The molecule has 1 fully saturated rings. The van der Waals surface area contributed by atoms with Gasteiger partial charge in [0.15, 0.2) is 0 Å². The number of hydrogen-bond acceptors (Lipinski definition) is 1. The zero-order valence-electron chi connectivity index (χ0n) is 10.0. The Bertz CT molecular complexity index is 365. The SMILES string of the molecule is CC1CC(C)CC(N)(c2cccc(Cl)c2)C1. The van der Waals surface area contributed by atoms with Gasteiger partial charge in [-0.3, -0.25) is 0 Å². The average molecular weight is 238 g/mol. The Labute approximate surface area is 103 Å². The van der Waals surface area contributed by atoms with E-state index in [2.05, 4.69) is 19.9 Å². The van der Waals surface area contributed by atoms with Crippen LogP contribution in [0.4, 0.5) is 0 Å². The van der Waals surface area contributed by atoms with Crippen LogP contribution in [0.3, 0.4) is 0 Å². The number of benzene rings is 1. The minimum atomic E-state index is -0.179. The van der Waals surface area contributed by atoms with Crippen LogP contribution in [0, 0.1) is 11.8 Å². The van der Waals surface area contributed by atoms with Crippen LogP contribution in [0.25, 0.3) is 0 Å². The Balaban J connectivity index is 2.30. The minimum Gasteiger partial charge on any atom is -0.321 e. The largest absolute Gasteiger partial charge is 0.321 e. The molecule has 1 aliphatic carbocycles. The smallest absolute Gasteiger partial charge is 0.0415 e. The van der Waals surface area contributed by atoms with Crippen LogP contribution in [0.2, 0.25) is 5.02 Å². The highest BCUT2D eigenvalue weighted by Crippen LogP contribution is 2.41. The van der Waals surface area contributed by atoms with Crippen molar-refractivity contribution in [1.29, 1.82) is 0 Å². The Morgan fingerprint density at radius 2 is 1.88 bits per heavy atom. The Morgan fingerprint density at radius 1 is 1.25 bits per heavy atom. The summed E-state index contributed by atoms with van der Waals surface area (Å²) in [6, 6.07) is 8.03. The lowest BCUT2D eigenvalue weighted by Crippen LogP contribution is -2.43. The molecule has 0 spiro atoms. The van der Waals surface area contributed by atoms with E-state index in [1.807, 2.05) is 18.2 Å². The first-order chi connectivity index (χ1) is 7.49. The molecule has 2 N–H and O–H groups in total. The van der Waals surface area contributed by atoms with Gasteiger partial charge in [0.1, 0.15) is 0 Å². The Kier molecular flexibility index (Phi) is 3.27. The molecule has 0 bridgehead atoms. The van der Waals surface area contributed by atoms with E-state index in [1.165, 1.54) is 12.0 Å². The molecule has 0 amide bonds. The van der Waals surface area contributed by atoms with Crippen molar-refractivity contribution >= 4 is 11.6 Å². The van der Waals surface area contributed by atoms with Crippen LogP contribution in [0.15, 0.2) is 24.3 Å². The Morgan fingerprint density at radius 3 is 2.44 bits per heavy atom. The fraction of sp³-hybridized carbons (Fsp3) is 0.571. The van der Waals surface area contributed by atoms with Crippen molar-refractivity contribution in [1.82, 2.24) is 0 Å². The minimum absolute atomic E-state index is 0.179. The first-order valence-electron chi connectivity index (χ1n) is 6.04. The third-order valence-electron chi connectivity index (χ3n) is 3.63. The lowest BCUT2D eigenvalue weighted by molar-refractivity contribution is 0.183. The summed E-state index contributed by atoms with van der Waals surface area (Å²) in [4.78, 5) is 0. The number of halogens is 1. The fourth-order valence-corrected chi connectivity index (χ4v) is 3.40. The molecule has 1 aromatic rings. The van der Waals surface area contributed by atoms with E-state index >= 15 is 0 Å². The first-order valence-corrected chi connectivity index (χ1v) is 6.42. The highest BCUT2D eigenvalue weighted by atomic mass is 35.5. The second-order valence-corrected chi connectivity index (χ2v) is 5.96. The first kappa shape index (κ1) is 11.9. The molecule has 2 atom stereocenters. The molecule has 0 heterocycles. The van der Waals surface area contributed by atoms with Gasteiger partial charge >= 0.3 is 0 Å². The summed E-state index contributed by atoms with van der Waals surface area (Å²) in [7, 11) is 0. The maximum atomic E-state index is 6.57. The molecule has 1 aromatic carbocycles. The summed E-state index contributed by atoms with van der Waals surface area (Å²) in [5, 5.41) is 0.785. The van der Waals surface area contributed by atoms with Gasteiger partial charge in [-0.1, -0.05) is 37.6 Å². The van der Waals surface area contributed by atoms with Crippen molar-refractivity contribution in [2.45, 2.75) is 38.6 Å². The normalized spacial score (nSPS) is 35.0. The van der Waals surface area contributed by atoms with Crippen LogP contribution in [-0.2, 0) is 5.54 Å². The third-order valence-corrected chi connectivity index (χ3v) is 3.86. The van der Waals surface area contributed by atoms with Gasteiger partial charge in [0.05, 0.1) is 0 Å². The maximum Gasteiger partial charge on any atom is 0.0415 e. The van der Waals surface area contributed by atoms with E-state index < -0.39 is 0 Å². The van der Waals surface area contributed by atoms with Crippen LogP contribution in [0.5, 0.6) is 0 Å². The molecule has 1 nitrogen and oxygen atoms in total. The molecule has 16 heavy (non-hydrogen) atoms. The molecule has 88 valence electrons. The molecule has 2 rings (SSSR count). The van der Waals surface area contributed by atoms with Crippen molar-refractivity contribution in [2.75, 3.05) is 0 Å². The van der Waals surface area contributed by atoms with E-state index in [-0.39, 0.29) is 5.54 Å². The quantitative estimate of drug-likeness (QED) is 0.787. The molecule has 0 saturated heterocycles. The molecule has 1 saturated carbocycles. The predicted octanol–water partition coefficient (Wildman–Crippen LogP) is 3.95. The summed E-state index contributed by atoms with van der Waals surface area (Å²) in [6.07, 6.45) is 3.43. The van der Waals surface area contributed by atoms with Gasteiger partial charge in [0, 0.05) is 10.6 Å². The van der Waals surface area contributed by atoms with Gasteiger partial charge in [0.25, 0.3) is 0 Å². The second-order valence-electron chi connectivity index (χ2n) is 5.52. The molecule has 0 aliphatic heterocycles. The number of nitrogens with two attached hydrogens (primary N) is 1.